The van der Waals surface area contributed by atoms with Gasteiger partial charge in [0, 0.05) is 54.7 Å². The van der Waals surface area contributed by atoms with Crippen LogP contribution in [-0.4, -0.2) is 9.55 Å². The number of imidazole rings is 1. The van der Waals surface area contributed by atoms with Crippen LogP contribution in [0.25, 0.3) is 138 Å². The molecule has 61 heavy (non-hydrogen) atoms. The predicted molar refractivity (Wildman–Crippen MR) is 246 cm³/mol. The van der Waals surface area contributed by atoms with E-state index in [2.05, 4.69) is 126 Å². The Hall–Kier alpha value is -8.35. The quantitative estimate of drug-likeness (QED) is 0.178. The van der Waals surface area contributed by atoms with Gasteiger partial charge in [0.2, 0.25) is 0 Å². The van der Waals surface area contributed by atoms with Crippen LogP contribution >= 0.6 is 0 Å². The first-order valence-electron chi connectivity index (χ1n) is 20.4. The molecule has 5 heterocycles. The summed E-state index contributed by atoms with van der Waals surface area (Å²) < 4.78 is 29.4. The van der Waals surface area contributed by atoms with Crippen molar-refractivity contribution in [1.82, 2.24) is 9.55 Å². The third kappa shape index (κ3) is 4.58. The molecule has 6 nitrogen and oxygen atoms in total. The lowest BCUT2D eigenvalue weighted by atomic mass is 9.93. The van der Waals surface area contributed by atoms with E-state index < -0.39 is 0 Å². The van der Waals surface area contributed by atoms with Gasteiger partial charge >= 0.3 is 0 Å². The van der Waals surface area contributed by atoms with Gasteiger partial charge in [0.15, 0.2) is 0 Å². The van der Waals surface area contributed by atoms with E-state index >= 15 is 0 Å². The van der Waals surface area contributed by atoms with E-state index in [1.165, 1.54) is 0 Å². The number of hydrogen-bond acceptors (Lipinski definition) is 5. The Bertz CT molecular complexity index is 3910. The maximum absolute atomic E-state index is 6.88. The monoisotopic (exact) mass is 782 g/mol. The molecular formula is C55H30N2O4. The number of fused-ring (bicyclic) bond motifs is 15. The summed E-state index contributed by atoms with van der Waals surface area (Å²) in [5.41, 5.74) is 14.2. The lowest BCUT2D eigenvalue weighted by Crippen LogP contribution is -1.99. The highest BCUT2D eigenvalue weighted by Crippen LogP contribution is 2.48. The number of furan rings is 4. The molecule has 0 aliphatic rings. The number of hydrogen-bond donors (Lipinski definition) is 0. The summed E-state index contributed by atoms with van der Waals surface area (Å²) >= 11 is 0. The molecule has 0 spiro atoms. The summed E-state index contributed by atoms with van der Waals surface area (Å²) in [7, 11) is 0. The lowest BCUT2D eigenvalue weighted by molar-refractivity contribution is 0.663. The number of aromatic nitrogens is 2. The van der Waals surface area contributed by atoms with Crippen molar-refractivity contribution in [2.24, 2.45) is 0 Å². The average molecular weight is 783 g/mol. The molecule has 0 atom stereocenters. The molecule has 0 bridgehead atoms. The first kappa shape index (κ1) is 32.6. The topological polar surface area (TPSA) is 70.4 Å². The molecule has 0 aliphatic carbocycles. The van der Waals surface area contributed by atoms with Crippen LogP contribution in [0.5, 0.6) is 0 Å². The van der Waals surface area contributed by atoms with Crippen molar-refractivity contribution in [3.8, 4) is 39.3 Å². The summed E-state index contributed by atoms with van der Waals surface area (Å²) in [6, 6.07) is 63.0. The zero-order chi connectivity index (χ0) is 39.8. The molecule has 9 aromatic carbocycles. The Morgan fingerprint density at radius 2 is 0.787 bits per heavy atom. The third-order valence-electron chi connectivity index (χ3n) is 12.4. The van der Waals surface area contributed by atoms with Gasteiger partial charge in [-0.1, -0.05) is 115 Å². The highest BCUT2D eigenvalue weighted by molar-refractivity contribution is 6.27. The SMILES string of the molecule is c1ccc(-c2nc3ccccc3n2-c2cc(-c3cc4c5ccccc5oc4c4c3oc3ccccc34)cc(-c3cc4c5ccccc5oc4c4c3oc3ccccc34)c2)cc1. The zero-order valence-corrected chi connectivity index (χ0v) is 32.3. The molecule has 0 unspecified atom stereocenters. The van der Waals surface area contributed by atoms with Gasteiger partial charge in [0.1, 0.15) is 50.5 Å². The molecule has 14 rings (SSSR count). The fourth-order valence-corrected chi connectivity index (χ4v) is 9.68. The highest BCUT2D eigenvalue weighted by atomic mass is 16.4. The first-order valence-corrected chi connectivity index (χ1v) is 20.4. The molecule has 0 fully saturated rings. The van der Waals surface area contributed by atoms with Crippen LogP contribution in [-0.2, 0) is 0 Å². The lowest BCUT2D eigenvalue weighted by Gasteiger charge is -2.15. The maximum atomic E-state index is 6.88. The minimum atomic E-state index is 0.764. The van der Waals surface area contributed by atoms with Crippen LogP contribution in [0.1, 0.15) is 0 Å². The van der Waals surface area contributed by atoms with Gasteiger partial charge in [-0.2, -0.15) is 0 Å². The zero-order valence-electron chi connectivity index (χ0n) is 32.3. The smallest absolute Gasteiger partial charge is 0.147 e. The van der Waals surface area contributed by atoms with Crippen LogP contribution in [0, 0.1) is 0 Å². The molecule has 0 saturated carbocycles. The highest BCUT2D eigenvalue weighted by Gasteiger charge is 2.25. The number of rotatable bonds is 4. The van der Waals surface area contributed by atoms with E-state index in [-0.39, 0.29) is 0 Å². The van der Waals surface area contributed by atoms with Crippen molar-refractivity contribution in [3.63, 3.8) is 0 Å². The minimum absolute atomic E-state index is 0.764. The van der Waals surface area contributed by atoms with E-state index in [0.717, 1.165) is 138 Å². The summed E-state index contributed by atoms with van der Waals surface area (Å²) in [5.74, 6) is 0.847. The third-order valence-corrected chi connectivity index (χ3v) is 12.4. The van der Waals surface area contributed by atoms with Crippen LogP contribution in [0.3, 0.4) is 0 Å². The maximum Gasteiger partial charge on any atom is 0.147 e. The number of benzene rings is 9. The normalized spacial score (nSPS) is 12.3. The average Bonchev–Trinajstić information content (AvgIpc) is 4.14. The second kappa shape index (κ2) is 12.1. The molecule has 284 valence electrons. The fraction of sp³-hybridized carbons (Fsp3) is 0. The first-order chi connectivity index (χ1) is 30.2. The molecular weight excluding hydrogens is 753 g/mol. The van der Waals surface area contributed by atoms with E-state index in [9.17, 15) is 0 Å². The molecule has 6 heteroatoms. The van der Waals surface area contributed by atoms with Crippen LogP contribution < -0.4 is 0 Å². The number of para-hydroxylation sites is 6. The molecule has 0 saturated heterocycles. The number of nitrogens with zero attached hydrogens (tertiary/aromatic N) is 2. The summed E-state index contributed by atoms with van der Waals surface area (Å²) in [4.78, 5) is 5.26. The second-order valence-electron chi connectivity index (χ2n) is 15.8. The standard InChI is InChI=1S/C55H30N2O4/c1-2-14-31(15-3-1)55-56-43-20-8-9-21-44(43)57(55)34-27-32(39-29-41-35-16-4-10-22-45(35)58-53(41)49-37-18-6-12-24-47(37)60-51(39)49)26-33(28-34)40-30-42-36-17-5-11-23-46(36)59-54(42)50-38-19-7-13-25-48(38)61-52(40)50/h1-30H. The largest absolute Gasteiger partial charge is 0.455 e. The van der Waals surface area contributed by atoms with Gasteiger partial charge in [0.05, 0.1) is 21.8 Å². The van der Waals surface area contributed by atoms with Crippen LogP contribution in [0.4, 0.5) is 0 Å². The van der Waals surface area contributed by atoms with Crippen molar-refractivity contribution in [2.45, 2.75) is 0 Å². The van der Waals surface area contributed by atoms with Crippen molar-refractivity contribution in [3.05, 3.63) is 182 Å². The molecule has 0 aliphatic heterocycles. The molecule has 0 amide bonds. The van der Waals surface area contributed by atoms with Gasteiger partial charge in [-0.05, 0) is 77.9 Å². The molecule has 0 N–H and O–H groups in total. The van der Waals surface area contributed by atoms with Crippen LogP contribution in [0.15, 0.2) is 200 Å². The van der Waals surface area contributed by atoms with Crippen molar-refractivity contribution < 1.29 is 17.7 Å². The van der Waals surface area contributed by atoms with Crippen molar-refractivity contribution in [2.75, 3.05) is 0 Å². The predicted octanol–water partition coefficient (Wildman–Crippen LogP) is 15.6. The van der Waals surface area contributed by atoms with Gasteiger partial charge in [-0.15, -0.1) is 0 Å². The Labute approximate surface area is 346 Å². The van der Waals surface area contributed by atoms with Crippen LogP contribution in [0.2, 0.25) is 0 Å². The van der Waals surface area contributed by atoms with Gasteiger partial charge < -0.3 is 17.7 Å². The summed E-state index contributed by atoms with van der Waals surface area (Å²) in [5, 5.41) is 8.08. The summed E-state index contributed by atoms with van der Waals surface area (Å²) in [6.45, 7) is 0. The Morgan fingerprint density at radius 3 is 1.34 bits per heavy atom. The van der Waals surface area contributed by atoms with Crippen molar-refractivity contribution in [1.29, 1.82) is 0 Å². The minimum Gasteiger partial charge on any atom is -0.455 e. The Balaban J connectivity index is 1.16. The van der Waals surface area contributed by atoms with E-state index in [1.807, 2.05) is 60.7 Å². The van der Waals surface area contributed by atoms with E-state index in [0.29, 0.717) is 0 Å². The Kier molecular flexibility index (Phi) is 6.46. The van der Waals surface area contributed by atoms with E-state index in [1.54, 1.807) is 0 Å². The van der Waals surface area contributed by atoms with E-state index in [4.69, 9.17) is 22.7 Å². The van der Waals surface area contributed by atoms with Gasteiger partial charge in [-0.3, -0.25) is 4.57 Å². The van der Waals surface area contributed by atoms with Crippen molar-refractivity contribution >= 4 is 98.8 Å². The fourth-order valence-electron chi connectivity index (χ4n) is 9.68. The second-order valence-corrected chi connectivity index (χ2v) is 15.8. The molecule has 0 radical (unpaired) electrons. The summed E-state index contributed by atoms with van der Waals surface area (Å²) in [6.07, 6.45) is 0. The Morgan fingerprint density at radius 1 is 0.344 bits per heavy atom. The molecule has 14 aromatic rings. The van der Waals surface area contributed by atoms with Gasteiger partial charge in [0.25, 0.3) is 0 Å². The van der Waals surface area contributed by atoms with Gasteiger partial charge in [-0.25, -0.2) is 4.98 Å². The molecule has 5 aromatic heterocycles.